The number of ether oxygens (including phenoxy) is 3. The highest BCUT2D eigenvalue weighted by Gasteiger charge is 2.17. The van der Waals surface area contributed by atoms with Crippen LogP contribution in [0, 0.1) is 0 Å². The molecule has 0 aliphatic heterocycles. The van der Waals surface area contributed by atoms with E-state index in [1.54, 1.807) is 19.1 Å². The fraction of sp³-hybridized carbons (Fsp3) is 0.278. The summed E-state index contributed by atoms with van der Waals surface area (Å²) in [5.74, 6) is -0.413. The first-order valence-electron chi connectivity index (χ1n) is 8.52. The number of rotatable bonds is 8. The van der Waals surface area contributed by atoms with E-state index >= 15 is 0 Å². The predicted molar refractivity (Wildman–Crippen MR) is 95.7 cm³/mol. The van der Waals surface area contributed by atoms with Gasteiger partial charge < -0.3 is 14.2 Å². The summed E-state index contributed by atoms with van der Waals surface area (Å²) in [5, 5.41) is 3.99. The van der Waals surface area contributed by atoms with Gasteiger partial charge in [0.05, 0.1) is 32.2 Å². The molecule has 0 aliphatic rings. The molecule has 0 saturated carbocycles. The molecule has 1 aromatic carbocycles. The molecule has 0 unspecified atom stereocenters. The topological polar surface area (TPSA) is 101 Å². The van der Waals surface area contributed by atoms with Gasteiger partial charge in [-0.3, -0.25) is 0 Å². The summed E-state index contributed by atoms with van der Waals surface area (Å²) in [6.07, 6.45) is 2.69. The minimum Gasteiger partial charge on any atom is -0.476 e. The Labute approximate surface area is 164 Å². The Morgan fingerprint density at radius 3 is 2.83 bits per heavy atom. The van der Waals surface area contributed by atoms with Gasteiger partial charge in [0.25, 0.3) is 0 Å². The lowest BCUT2D eigenvalue weighted by Gasteiger charge is -2.12. The maximum atomic E-state index is 12.5. The minimum atomic E-state index is -2.95. The van der Waals surface area contributed by atoms with E-state index in [9.17, 15) is 13.6 Å². The standard InChI is InChI=1S/C18H17F2N5O4/c1-3-28-16-14(11-5-4-6-13(7-11)29-18(19)20)24-12(8-21-16)9-25-15(17(26)27-2)22-10-23-25/h4-8,10,18H,3,9H2,1-2H3. The highest BCUT2D eigenvalue weighted by Crippen LogP contribution is 2.29. The van der Waals surface area contributed by atoms with Crippen LogP contribution in [0.2, 0.25) is 0 Å². The largest absolute Gasteiger partial charge is 0.476 e. The first-order chi connectivity index (χ1) is 14.0. The first-order valence-corrected chi connectivity index (χ1v) is 8.52. The Balaban J connectivity index is 1.97. The molecule has 2 aromatic heterocycles. The average molecular weight is 405 g/mol. The van der Waals surface area contributed by atoms with Gasteiger partial charge in [0, 0.05) is 5.56 Å². The second kappa shape index (κ2) is 9.04. The minimum absolute atomic E-state index is 0.0112. The lowest BCUT2D eigenvalue weighted by atomic mass is 10.1. The predicted octanol–water partition coefficient (Wildman–Crippen LogP) is 2.57. The molecule has 0 aliphatic carbocycles. The van der Waals surface area contributed by atoms with Gasteiger partial charge in [0.15, 0.2) is 0 Å². The van der Waals surface area contributed by atoms with Gasteiger partial charge in [0.1, 0.15) is 17.8 Å². The summed E-state index contributed by atoms with van der Waals surface area (Å²) in [4.78, 5) is 24.4. The Morgan fingerprint density at radius 1 is 1.28 bits per heavy atom. The van der Waals surface area contributed by atoms with Crippen LogP contribution in [0.3, 0.4) is 0 Å². The number of carbonyl (C=O) groups excluding carboxylic acids is 1. The van der Waals surface area contributed by atoms with E-state index in [0.717, 1.165) is 0 Å². The quantitative estimate of drug-likeness (QED) is 0.527. The van der Waals surface area contributed by atoms with Gasteiger partial charge in [-0.25, -0.2) is 24.4 Å². The van der Waals surface area contributed by atoms with Crippen molar-refractivity contribution in [3.05, 3.63) is 48.3 Å². The van der Waals surface area contributed by atoms with Crippen LogP contribution < -0.4 is 9.47 Å². The number of carbonyl (C=O) groups is 1. The molecule has 0 fully saturated rings. The molecular weight excluding hydrogens is 388 g/mol. The van der Waals surface area contributed by atoms with E-state index < -0.39 is 12.6 Å². The third kappa shape index (κ3) is 4.81. The molecular formula is C18H17F2N5O4. The maximum absolute atomic E-state index is 12.5. The molecule has 0 bridgehead atoms. The normalized spacial score (nSPS) is 10.8. The molecule has 3 aromatic rings. The lowest BCUT2D eigenvalue weighted by Crippen LogP contribution is -2.15. The second-order valence-corrected chi connectivity index (χ2v) is 5.59. The summed E-state index contributed by atoms with van der Waals surface area (Å²) in [5.41, 5.74) is 1.26. The Kier molecular flexibility index (Phi) is 6.27. The number of hydrogen-bond donors (Lipinski definition) is 0. The third-order valence-corrected chi connectivity index (χ3v) is 3.70. The van der Waals surface area contributed by atoms with E-state index in [1.807, 2.05) is 0 Å². The Morgan fingerprint density at radius 2 is 2.10 bits per heavy atom. The van der Waals surface area contributed by atoms with Crippen LogP contribution in [0.4, 0.5) is 8.78 Å². The van der Waals surface area contributed by atoms with Gasteiger partial charge >= 0.3 is 12.6 Å². The number of benzene rings is 1. The van der Waals surface area contributed by atoms with Crippen LogP contribution >= 0.6 is 0 Å². The van der Waals surface area contributed by atoms with Gasteiger partial charge in [-0.15, -0.1) is 0 Å². The van der Waals surface area contributed by atoms with Crippen LogP contribution in [-0.2, 0) is 11.3 Å². The summed E-state index contributed by atoms with van der Waals surface area (Å²) in [6, 6.07) is 6.05. The summed E-state index contributed by atoms with van der Waals surface area (Å²) < 4.78 is 41.0. The van der Waals surface area contributed by atoms with E-state index in [4.69, 9.17) is 4.74 Å². The Bertz CT molecular complexity index is 996. The zero-order valence-corrected chi connectivity index (χ0v) is 15.6. The van der Waals surface area contributed by atoms with Crippen molar-refractivity contribution in [3.63, 3.8) is 0 Å². The average Bonchev–Trinajstić information content (AvgIpc) is 3.16. The van der Waals surface area contributed by atoms with E-state index in [1.165, 1.54) is 36.4 Å². The monoisotopic (exact) mass is 405 g/mol. The molecule has 0 radical (unpaired) electrons. The van der Waals surface area contributed by atoms with E-state index in [-0.39, 0.29) is 24.0 Å². The SMILES string of the molecule is CCOc1ncc(Cn2ncnc2C(=O)OC)nc1-c1cccc(OC(F)F)c1. The van der Waals surface area contributed by atoms with Crippen molar-refractivity contribution >= 4 is 5.97 Å². The molecule has 29 heavy (non-hydrogen) atoms. The van der Waals surface area contributed by atoms with Gasteiger partial charge in [-0.1, -0.05) is 12.1 Å². The summed E-state index contributed by atoms with van der Waals surface area (Å²) in [7, 11) is 1.24. The van der Waals surface area contributed by atoms with Crippen molar-refractivity contribution in [1.29, 1.82) is 0 Å². The molecule has 0 saturated heterocycles. The molecule has 0 amide bonds. The molecule has 0 N–H and O–H groups in total. The third-order valence-electron chi connectivity index (χ3n) is 3.70. The number of methoxy groups -OCH3 is 1. The highest BCUT2D eigenvalue weighted by atomic mass is 19.3. The molecule has 9 nitrogen and oxygen atoms in total. The molecule has 3 rings (SSSR count). The van der Waals surface area contributed by atoms with Crippen LogP contribution in [0.1, 0.15) is 23.2 Å². The number of halogens is 2. The van der Waals surface area contributed by atoms with Crippen molar-refractivity contribution < 1.29 is 27.8 Å². The van der Waals surface area contributed by atoms with Crippen LogP contribution in [0.25, 0.3) is 11.3 Å². The van der Waals surface area contributed by atoms with Crippen molar-refractivity contribution in [2.45, 2.75) is 20.1 Å². The lowest BCUT2D eigenvalue weighted by molar-refractivity contribution is -0.0498. The fourth-order valence-corrected chi connectivity index (χ4v) is 2.52. The van der Waals surface area contributed by atoms with Crippen molar-refractivity contribution in [1.82, 2.24) is 24.7 Å². The zero-order valence-electron chi connectivity index (χ0n) is 15.6. The number of esters is 1. The Hall–Kier alpha value is -3.63. The summed E-state index contributed by atoms with van der Waals surface area (Å²) in [6.45, 7) is -0.736. The number of alkyl halides is 2. The molecule has 11 heteroatoms. The zero-order chi connectivity index (χ0) is 20.8. The maximum Gasteiger partial charge on any atom is 0.387 e. The molecule has 0 spiro atoms. The molecule has 2 heterocycles. The smallest absolute Gasteiger partial charge is 0.387 e. The van der Waals surface area contributed by atoms with Crippen molar-refractivity contribution in [3.8, 4) is 22.9 Å². The van der Waals surface area contributed by atoms with Gasteiger partial charge in [0.2, 0.25) is 11.7 Å². The van der Waals surface area contributed by atoms with Crippen LogP contribution in [-0.4, -0.2) is 51.0 Å². The first kappa shape index (κ1) is 20.1. The van der Waals surface area contributed by atoms with Crippen LogP contribution in [0.5, 0.6) is 11.6 Å². The fourth-order valence-electron chi connectivity index (χ4n) is 2.52. The van der Waals surface area contributed by atoms with Gasteiger partial charge in [-0.2, -0.15) is 13.9 Å². The number of nitrogens with zero attached hydrogens (tertiary/aromatic N) is 5. The van der Waals surface area contributed by atoms with Crippen molar-refractivity contribution in [2.75, 3.05) is 13.7 Å². The summed E-state index contributed by atoms with van der Waals surface area (Å²) >= 11 is 0. The van der Waals surface area contributed by atoms with Crippen LogP contribution in [0.15, 0.2) is 36.8 Å². The number of aromatic nitrogens is 5. The molecule has 0 atom stereocenters. The molecule has 152 valence electrons. The second-order valence-electron chi connectivity index (χ2n) is 5.59. The highest BCUT2D eigenvalue weighted by molar-refractivity contribution is 5.85. The van der Waals surface area contributed by atoms with E-state index in [2.05, 4.69) is 29.5 Å². The van der Waals surface area contributed by atoms with E-state index in [0.29, 0.717) is 23.6 Å². The van der Waals surface area contributed by atoms with Gasteiger partial charge in [-0.05, 0) is 19.1 Å². The number of hydrogen-bond acceptors (Lipinski definition) is 8. The van der Waals surface area contributed by atoms with Crippen molar-refractivity contribution in [2.24, 2.45) is 0 Å².